The van der Waals surface area contributed by atoms with E-state index in [9.17, 15) is 22.5 Å². The van der Waals surface area contributed by atoms with Gasteiger partial charge in [0.05, 0.1) is 17.2 Å². The van der Waals surface area contributed by atoms with Crippen LogP contribution < -0.4 is 4.72 Å². The van der Waals surface area contributed by atoms with Crippen molar-refractivity contribution in [1.82, 2.24) is 13.0 Å². The first-order valence-electron chi connectivity index (χ1n) is 9.82. The van der Waals surface area contributed by atoms with Crippen molar-refractivity contribution in [1.29, 1.82) is 0 Å². The van der Waals surface area contributed by atoms with Crippen molar-refractivity contribution in [2.24, 2.45) is 0 Å². The molecule has 1 amide bonds. The molecule has 0 aliphatic carbocycles. The molecule has 166 valence electrons. The van der Waals surface area contributed by atoms with Crippen LogP contribution >= 0.6 is 0 Å². The van der Waals surface area contributed by atoms with Crippen molar-refractivity contribution in [3.63, 3.8) is 0 Å². The Balaban J connectivity index is 1.75. The average molecular weight is 464 g/mol. The lowest BCUT2D eigenvalue weighted by atomic mass is 10.1. The Morgan fingerprint density at radius 3 is 2.55 bits per heavy atom. The zero-order chi connectivity index (χ0) is 22.4. The smallest absolute Gasteiger partial charge is 0.267 e. The quantitative estimate of drug-likeness (QED) is 0.552. The van der Waals surface area contributed by atoms with Gasteiger partial charge in [0, 0.05) is 11.9 Å². The Morgan fingerprint density at radius 2 is 1.94 bits per heavy atom. The molecule has 1 aliphatic rings. The summed E-state index contributed by atoms with van der Waals surface area (Å²) < 4.78 is 42.7. The summed E-state index contributed by atoms with van der Waals surface area (Å²) in [4.78, 5) is 11.6. The van der Waals surface area contributed by atoms with Crippen LogP contribution in [0.15, 0.2) is 77.0 Å². The van der Waals surface area contributed by atoms with Gasteiger partial charge in [0.2, 0.25) is 11.2 Å². The zero-order valence-corrected chi connectivity index (χ0v) is 18.7. The molecule has 1 fully saturated rings. The molecule has 0 spiro atoms. The van der Waals surface area contributed by atoms with Gasteiger partial charge in [0.1, 0.15) is 6.54 Å². The number of hydrogen-bond acceptors (Lipinski definition) is 5. The van der Waals surface area contributed by atoms with Gasteiger partial charge in [-0.3, -0.25) is 13.8 Å². The fraction of sp³-hybridized carbons (Fsp3) is 0.286. The molecule has 1 aromatic carbocycles. The topological polar surface area (TPSA) is 109 Å². The first-order valence-corrected chi connectivity index (χ1v) is 12.4. The standard InChI is InChI=1S/C21H25N3O5S2/c1-2-17(11-13-19(16-25)23-15-21(26)22-30(23)27)10-12-18-7-6-14-24(18)31(28,29)20-8-4-3-5-9-20/h3-9,11,13-14,25H,2,10,12,15-16H2,1H3,(H,22,26)/b17-11+,19-13+. The summed E-state index contributed by atoms with van der Waals surface area (Å²) in [7, 11) is -3.66. The number of nitrogens with one attached hydrogen (secondary N) is 1. The number of nitrogens with zero attached hydrogens (tertiary/aromatic N) is 2. The molecular formula is C21H25N3O5S2. The van der Waals surface area contributed by atoms with Crippen LogP contribution in [0, 0.1) is 0 Å². The number of aliphatic hydroxyl groups is 1. The molecule has 0 saturated carbocycles. The van der Waals surface area contributed by atoms with E-state index in [0.29, 0.717) is 24.2 Å². The van der Waals surface area contributed by atoms with E-state index >= 15 is 0 Å². The fourth-order valence-electron chi connectivity index (χ4n) is 3.21. The molecule has 3 rings (SSSR count). The number of benzene rings is 1. The molecule has 2 aromatic rings. The first kappa shape index (κ1) is 23.0. The van der Waals surface area contributed by atoms with Crippen molar-refractivity contribution < 1.29 is 22.5 Å². The summed E-state index contributed by atoms with van der Waals surface area (Å²) in [6, 6.07) is 11.8. The van der Waals surface area contributed by atoms with Gasteiger partial charge >= 0.3 is 0 Å². The lowest BCUT2D eigenvalue weighted by Gasteiger charge is -2.15. The highest BCUT2D eigenvalue weighted by Gasteiger charge is 2.27. The summed E-state index contributed by atoms with van der Waals surface area (Å²) in [5.74, 6) is -0.363. The molecule has 8 nitrogen and oxygen atoms in total. The molecular weight excluding hydrogens is 438 g/mol. The SMILES string of the molecule is CC/C(=C\C=C(/CO)N1CC(=O)NS1=O)CCc1cccn1S(=O)(=O)c1ccccc1. The molecule has 1 unspecified atom stereocenters. The van der Waals surface area contributed by atoms with E-state index in [1.807, 2.05) is 13.0 Å². The number of hydrogen-bond donors (Lipinski definition) is 2. The minimum atomic E-state index is -3.66. The highest BCUT2D eigenvalue weighted by molar-refractivity contribution is 7.90. The van der Waals surface area contributed by atoms with Crippen LogP contribution in [0.4, 0.5) is 0 Å². The van der Waals surface area contributed by atoms with Crippen LogP contribution in [-0.2, 0) is 32.4 Å². The maximum Gasteiger partial charge on any atom is 0.267 e. The Hall–Kier alpha value is -2.69. The van der Waals surface area contributed by atoms with E-state index in [1.165, 1.54) is 8.28 Å². The first-order chi connectivity index (χ1) is 14.9. The van der Waals surface area contributed by atoms with Gasteiger partial charge < -0.3 is 5.11 Å². The van der Waals surface area contributed by atoms with Gasteiger partial charge in [-0.15, -0.1) is 0 Å². The minimum Gasteiger partial charge on any atom is -0.390 e. The number of allylic oxidation sites excluding steroid dienone is 3. The molecule has 31 heavy (non-hydrogen) atoms. The summed E-state index contributed by atoms with van der Waals surface area (Å²) in [5.41, 5.74) is 2.07. The second-order valence-corrected chi connectivity index (χ2v) is 9.88. The van der Waals surface area contributed by atoms with E-state index in [4.69, 9.17) is 0 Å². The van der Waals surface area contributed by atoms with Crippen molar-refractivity contribution in [2.75, 3.05) is 13.2 Å². The molecule has 1 saturated heterocycles. The maximum absolute atomic E-state index is 12.9. The number of amides is 1. The number of aromatic nitrogens is 1. The van der Waals surface area contributed by atoms with E-state index in [-0.39, 0.29) is 24.0 Å². The predicted octanol–water partition coefficient (Wildman–Crippen LogP) is 1.88. The third kappa shape index (κ3) is 5.33. The number of aryl methyl sites for hydroxylation is 1. The summed E-state index contributed by atoms with van der Waals surface area (Å²) in [5, 5.41) is 9.61. The van der Waals surface area contributed by atoms with Gasteiger partial charge in [0.25, 0.3) is 15.9 Å². The van der Waals surface area contributed by atoms with E-state index in [1.54, 1.807) is 54.7 Å². The van der Waals surface area contributed by atoms with Crippen molar-refractivity contribution in [3.05, 3.63) is 77.8 Å². The average Bonchev–Trinajstić information content (AvgIpc) is 3.37. The van der Waals surface area contributed by atoms with Crippen molar-refractivity contribution >= 4 is 27.1 Å². The highest BCUT2D eigenvalue weighted by Crippen LogP contribution is 2.20. The van der Waals surface area contributed by atoms with Crippen LogP contribution in [0.25, 0.3) is 0 Å². The summed E-state index contributed by atoms with van der Waals surface area (Å²) in [6.45, 7) is 1.56. The number of aliphatic hydroxyl groups excluding tert-OH is 1. The minimum absolute atomic E-state index is 0.0703. The third-order valence-electron chi connectivity index (χ3n) is 4.93. The Labute approximate surface area is 184 Å². The van der Waals surface area contributed by atoms with Crippen molar-refractivity contribution in [3.8, 4) is 0 Å². The second kappa shape index (κ2) is 10.1. The van der Waals surface area contributed by atoms with Crippen LogP contribution in [-0.4, -0.2) is 45.1 Å². The molecule has 2 heterocycles. The molecule has 2 N–H and O–H groups in total. The largest absolute Gasteiger partial charge is 0.390 e. The molecule has 1 aliphatic heterocycles. The van der Waals surface area contributed by atoms with Gasteiger partial charge in [-0.1, -0.05) is 36.8 Å². The lowest BCUT2D eigenvalue weighted by Crippen LogP contribution is -2.24. The molecule has 1 aromatic heterocycles. The Kier molecular flexibility index (Phi) is 7.47. The van der Waals surface area contributed by atoms with Crippen LogP contribution in [0.1, 0.15) is 25.5 Å². The highest BCUT2D eigenvalue weighted by atomic mass is 32.2. The normalized spacial score (nSPS) is 17.8. The Bertz CT molecular complexity index is 1120. The van der Waals surface area contributed by atoms with Crippen LogP contribution in [0.3, 0.4) is 0 Å². The lowest BCUT2D eigenvalue weighted by molar-refractivity contribution is -0.118. The van der Waals surface area contributed by atoms with Crippen molar-refractivity contribution in [2.45, 2.75) is 31.1 Å². The molecule has 0 radical (unpaired) electrons. The van der Waals surface area contributed by atoms with Gasteiger partial charge in [0.15, 0.2) is 0 Å². The zero-order valence-electron chi connectivity index (χ0n) is 17.1. The van der Waals surface area contributed by atoms with Gasteiger partial charge in [-0.25, -0.2) is 16.6 Å². The fourth-order valence-corrected chi connectivity index (χ4v) is 5.57. The van der Waals surface area contributed by atoms with Gasteiger partial charge in [-0.2, -0.15) is 0 Å². The Morgan fingerprint density at radius 1 is 1.19 bits per heavy atom. The molecule has 0 bridgehead atoms. The van der Waals surface area contributed by atoms with Crippen LogP contribution in [0.5, 0.6) is 0 Å². The predicted molar refractivity (Wildman–Crippen MR) is 118 cm³/mol. The number of carbonyl (C=O) groups is 1. The number of carbonyl (C=O) groups excluding carboxylic acids is 1. The van der Waals surface area contributed by atoms with E-state index in [2.05, 4.69) is 4.72 Å². The van der Waals surface area contributed by atoms with E-state index < -0.39 is 21.2 Å². The molecule has 10 heteroatoms. The summed E-state index contributed by atoms with van der Waals surface area (Å²) >= 11 is -1.69. The van der Waals surface area contributed by atoms with Gasteiger partial charge in [-0.05, 0) is 49.6 Å². The van der Waals surface area contributed by atoms with Crippen LogP contribution in [0.2, 0.25) is 0 Å². The number of rotatable bonds is 9. The maximum atomic E-state index is 12.9. The molecule has 1 atom stereocenters. The third-order valence-corrected chi connectivity index (χ3v) is 7.84. The van der Waals surface area contributed by atoms with E-state index in [0.717, 1.165) is 12.0 Å². The monoisotopic (exact) mass is 463 g/mol. The second-order valence-electron chi connectivity index (χ2n) is 6.92. The summed E-state index contributed by atoms with van der Waals surface area (Å²) in [6.07, 6.45) is 6.86.